The van der Waals surface area contributed by atoms with E-state index in [-0.39, 0.29) is 0 Å². The molecule has 24 heavy (non-hydrogen) atoms. The lowest BCUT2D eigenvalue weighted by Crippen LogP contribution is -1.84. The van der Waals surface area contributed by atoms with Gasteiger partial charge in [0.15, 0.2) is 0 Å². The molecule has 2 aromatic rings. The van der Waals surface area contributed by atoms with Crippen molar-refractivity contribution < 1.29 is 0 Å². The average molecular weight is 323 g/mol. The van der Waals surface area contributed by atoms with Gasteiger partial charge in [-0.1, -0.05) is 102 Å². The van der Waals surface area contributed by atoms with Crippen molar-refractivity contribution >= 4 is 6.08 Å². The molecule has 0 saturated carbocycles. The van der Waals surface area contributed by atoms with E-state index in [0.717, 1.165) is 5.92 Å². The van der Waals surface area contributed by atoms with Gasteiger partial charge in [0, 0.05) is 0 Å². The van der Waals surface area contributed by atoms with Gasteiger partial charge in [0.25, 0.3) is 0 Å². The minimum Gasteiger partial charge on any atom is -0.0767 e. The summed E-state index contributed by atoms with van der Waals surface area (Å²) in [6, 6.07) is 17.3. The Hall–Kier alpha value is -1.82. The van der Waals surface area contributed by atoms with Gasteiger partial charge in [-0.05, 0) is 46.9 Å². The summed E-state index contributed by atoms with van der Waals surface area (Å²) >= 11 is 0. The van der Waals surface area contributed by atoms with E-state index in [1.807, 2.05) is 27.7 Å². The van der Waals surface area contributed by atoms with Crippen LogP contribution >= 0.6 is 0 Å². The zero-order valence-electron chi connectivity index (χ0n) is 16.3. The fourth-order valence-electron chi connectivity index (χ4n) is 3.20. The molecule has 4 rings (SSSR count). The van der Waals surface area contributed by atoms with Crippen molar-refractivity contribution in [3.8, 4) is 0 Å². The second kappa shape index (κ2) is 10.9. The van der Waals surface area contributed by atoms with Crippen molar-refractivity contribution in [3.63, 3.8) is 0 Å². The molecule has 2 atom stereocenters. The highest BCUT2D eigenvalue weighted by molar-refractivity contribution is 5.61. The standard InChI is InChI=1S/C10H12.C10H10.2C2H6/c2*1-8-6-7-9-4-2-3-5-10(8)9;2*1-2/h2-5,8H,6-7H2,1H3;2-8H,1H3;2*1-2H3. The smallest absolute Gasteiger partial charge is 0.000118 e. The van der Waals surface area contributed by atoms with Crippen LogP contribution in [0.5, 0.6) is 0 Å². The molecule has 2 unspecified atom stereocenters. The van der Waals surface area contributed by atoms with E-state index in [9.17, 15) is 0 Å². The van der Waals surface area contributed by atoms with Crippen LogP contribution in [-0.2, 0) is 6.42 Å². The molecule has 0 fully saturated rings. The molecule has 0 saturated heterocycles. The number of aryl methyl sites for hydroxylation is 1. The van der Waals surface area contributed by atoms with Crippen LogP contribution in [0.4, 0.5) is 0 Å². The van der Waals surface area contributed by atoms with Crippen molar-refractivity contribution in [2.24, 2.45) is 0 Å². The Morgan fingerprint density at radius 1 is 0.750 bits per heavy atom. The molecule has 0 heteroatoms. The number of rotatable bonds is 0. The first kappa shape index (κ1) is 20.2. The lowest BCUT2D eigenvalue weighted by molar-refractivity contribution is 0.747. The van der Waals surface area contributed by atoms with Crippen molar-refractivity contribution in [2.45, 2.75) is 66.2 Å². The van der Waals surface area contributed by atoms with Crippen LogP contribution in [0.25, 0.3) is 6.08 Å². The number of benzene rings is 2. The van der Waals surface area contributed by atoms with Gasteiger partial charge in [0.2, 0.25) is 0 Å². The molecular formula is C24H34. The van der Waals surface area contributed by atoms with Gasteiger partial charge in [0.05, 0.1) is 0 Å². The van der Waals surface area contributed by atoms with Crippen molar-refractivity contribution in [1.82, 2.24) is 0 Å². The second-order valence-electron chi connectivity index (χ2n) is 5.92. The third kappa shape index (κ3) is 5.09. The number of hydrogen-bond donors (Lipinski definition) is 0. The molecule has 0 heterocycles. The van der Waals surface area contributed by atoms with Crippen molar-refractivity contribution in [3.05, 3.63) is 76.9 Å². The molecule has 0 nitrogen and oxygen atoms in total. The van der Waals surface area contributed by atoms with Gasteiger partial charge in [0.1, 0.15) is 0 Å². The van der Waals surface area contributed by atoms with Crippen LogP contribution in [0, 0.1) is 0 Å². The maximum atomic E-state index is 2.31. The summed E-state index contributed by atoms with van der Waals surface area (Å²) in [6.45, 7) is 12.5. The largest absolute Gasteiger partial charge is 0.0767 e. The van der Waals surface area contributed by atoms with Crippen LogP contribution in [0.2, 0.25) is 0 Å². The Bertz CT molecular complexity index is 615. The summed E-state index contributed by atoms with van der Waals surface area (Å²) in [7, 11) is 0. The molecule has 0 amide bonds. The quantitative estimate of drug-likeness (QED) is 0.468. The summed E-state index contributed by atoms with van der Waals surface area (Å²) in [4.78, 5) is 0. The summed E-state index contributed by atoms with van der Waals surface area (Å²) in [5, 5.41) is 0. The third-order valence-electron chi connectivity index (χ3n) is 4.48. The average Bonchev–Trinajstić information content (AvgIpc) is 3.23. The highest BCUT2D eigenvalue weighted by Crippen LogP contribution is 2.31. The maximum Gasteiger partial charge on any atom is -0.000118 e. The van der Waals surface area contributed by atoms with Crippen LogP contribution in [0.1, 0.15) is 82.1 Å². The van der Waals surface area contributed by atoms with Crippen molar-refractivity contribution in [2.75, 3.05) is 0 Å². The molecule has 2 aliphatic carbocycles. The molecule has 0 aliphatic heterocycles. The molecule has 0 radical (unpaired) electrons. The van der Waals surface area contributed by atoms with Gasteiger partial charge < -0.3 is 0 Å². The predicted octanol–water partition coefficient (Wildman–Crippen LogP) is 7.61. The van der Waals surface area contributed by atoms with E-state index in [1.54, 1.807) is 11.1 Å². The molecular weight excluding hydrogens is 288 g/mol. The number of fused-ring (bicyclic) bond motifs is 2. The normalized spacial score (nSPS) is 18.8. The fourth-order valence-corrected chi connectivity index (χ4v) is 3.20. The molecule has 2 aromatic carbocycles. The Morgan fingerprint density at radius 2 is 1.33 bits per heavy atom. The zero-order valence-corrected chi connectivity index (χ0v) is 16.3. The summed E-state index contributed by atoms with van der Waals surface area (Å²) in [6.07, 6.45) is 7.07. The number of allylic oxidation sites excluding steroid dienone is 1. The summed E-state index contributed by atoms with van der Waals surface area (Å²) in [5.41, 5.74) is 5.98. The van der Waals surface area contributed by atoms with Crippen molar-refractivity contribution in [1.29, 1.82) is 0 Å². The highest BCUT2D eigenvalue weighted by Gasteiger charge is 2.16. The molecule has 0 N–H and O–H groups in total. The first-order valence-electron chi connectivity index (χ1n) is 9.60. The molecule has 0 aromatic heterocycles. The Morgan fingerprint density at radius 3 is 1.96 bits per heavy atom. The molecule has 0 spiro atoms. The van der Waals surface area contributed by atoms with E-state index in [1.165, 1.54) is 24.0 Å². The molecule has 0 bridgehead atoms. The third-order valence-corrected chi connectivity index (χ3v) is 4.48. The topological polar surface area (TPSA) is 0 Å². The number of hydrogen-bond acceptors (Lipinski definition) is 0. The lowest BCUT2D eigenvalue weighted by atomic mass is 10.0. The Balaban J connectivity index is 0.000000199. The SMILES string of the molecule is CC.CC.CC1C=Cc2ccccc21.CC1CCc2ccccc21. The Kier molecular flexibility index (Phi) is 9.15. The predicted molar refractivity (Wildman–Crippen MR) is 110 cm³/mol. The first-order valence-corrected chi connectivity index (χ1v) is 9.60. The fraction of sp³-hybridized carbons (Fsp3) is 0.417. The minimum absolute atomic E-state index is 0.621. The summed E-state index contributed by atoms with van der Waals surface area (Å²) in [5.74, 6) is 1.42. The lowest BCUT2D eigenvalue weighted by Gasteiger charge is -2.01. The minimum atomic E-state index is 0.621. The highest BCUT2D eigenvalue weighted by atomic mass is 14.2. The van der Waals surface area contributed by atoms with Gasteiger partial charge in [-0.3, -0.25) is 0 Å². The zero-order chi connectivity index (χ0) is 17.9. The van der Waals surface area contributed by atoms with Gasteiger partial charge in [-0.15, -0.1) is 0 Å². The summed E-state index contributed by atoms with van der Waals surface area (Å²) < 4.78 is 0. The van der Waals surface area contributed by atoms with Gasteiger partial charge in [-0.2, -0.15) is 0 Å². The van der Waals surface area contributed by atoms with Gasteiger partial charge in [-0.25, -0.2) is 0 Å². The monoisotopic (exact) mass is 322 g/mol. The van der Waals surface area contributed by atoms with Crippen LogP contribution in [-0.4, -0.2) is 0 Å². The molecule has 2 aliphatic rings. The van der Waals surface area contributed by atoms with Crippen LogP contribution < -0.4 is 0 Å². The molecule has 130 valence electrons. The first-order chi connectivity index (χ1) is 11.8. The second-order valence-corrected chi connectivity index (χ2v) is 5.92. The maximum absolute atomic E-state index is 2.31. The van der Waals surface area contributed by atoms with E-state index in [4.69, 9.17) is 0 Å². The van der Waals surface area contributed by atoms with E-state index >= 15 is 0 Å². The van der Waals surface area contributed by atoms with E-state index in [0.29, 0.717) is 5.92 Å². The van der Waals surface area contributed by atoms with E-state index < -0.39 is 0 Å². The van der Waals surface area contributed by atoms with Gasteiger partial charge >= 0.3 is 0 Å². The Labute approximate surface area is 149 Å². The van der Waals surface area contributed by atoms with E-state index in [2.05, 4.69) is 74.5 Å². The van der Waals surface area contributed by atoms with Crippen LogP contribution in [0.3, 0.4) is 0 Å². The van der Waals surface area contributed by atoms with Crippen LogP contribution in [0.15, 0.2) is 54.6 Å².